The van der Waals surface area contributed by atoms with Crippen molar-refractivity contribution in [3.8, 4) is 0 Å². The number of nitrogen functional groups attached to an aromatic ring is 1. The van der Waals surface area contributed by atoms with Gasteiger partial charge in [0.1, 0.15) is 5.82 Å². The van der Waals surface area contributed by atoms with Crippen molar-refractivity contribution in [1.82, 2.24) is 9.88 Å². The first kappa shape index (κ1) is 11.3. The number of nitrogens with zero attached hydrogens (tertiary/aromatic N) is 2. The topological polar surface area (TPSA) is 42.1 Å². The summed E-state index contributed by atoms with van der Waals surface area (Å²) >= 11 is 0. The lowest BCUT2D eigenvalue weighted by molar-refractivity contribution is 0.327. The van der Waals surface area contributed by atoms with Gasteiger partial charge in [0, 0.05) is 6.54 Å². The molecule has 0 unspecified atom stereocenters. The van der Waals surface area contributed by atoms with E-state index in [4.69, 9.17) is 5.73 Å². The summed E-state index contributed by atoms with van der Waals surface area (Å²) in [4.78, 5) is 6.69. The molecule has 1 aromatic rings. The molecule has 4 heteroatoms. The molecular weight excluding hydrogens is 198 g/mol. The van der Waals surface area contributed by atoms with E-state index in [0.29, 0.717) is 5.82 Å². The number of rotatable bonds is 2. The molecule has 0 amide bonds. The van der Waals surface area contributed by atoms with Crippen molar-refractivity contribution in [2.24, 2.45) is 0 Å². The molecular formula is C10H16ClN3. The summed E-state index contributed by atoms with van der Waals surface area (Å²) in [7, 11) is 0. The maximum atomic E-state index is 5.60. The highest BCUT2D eigenvalue weighted by molar-refractivity contribution is 5.85. The van der Waals surface area contributed by atoms with Crippen LogP contribution in [0.3, 0.4) is 0 Å². The number of aromatic nitrogens is 1. The third-order valence-corrected chi connectivity index (χ3v) is 2.41. The standard InChI is InChI=1S/C10H15N3.ClH/c11-10-5-3-4-9(12-10)8-13-6-1-2-7-13;/h3-5H,1-2,6-8H2,(H2,11,12);1H. The lowest BCUT2D eigenvalue weighted by Gasteiger charge is -2.13. The van der Waals surface area contributed by atoms with Gasteiger partial charge in [-0.2, -0.15) is 0 Å². The number of nitrogens with two attached hydrogens (primary N) is 1. The van der Waals surface area contributed by atoms with Gasteiger partial charge in [-0.3, -0.25) is 4.90 Å². The molecule has 1 aliphatic heterocycles. The molecule has 1 fully saturated rings. The van der Waals surface area contributed by atoms with Gasteiger partial charge in [-0.05, 0) is 38.1 Å². The van der Waals surface area contributed by atoms with Crippen LogP contribution < -0.4 is 5.73 Å². The molecule has 0 aromatic carbocycles. The van der Waals surface area contributed by atoms with Crippen molar-refractivity contribution in [2.45, 2.75) is 19.4 Å². The summed E-state index contributed by atoms with van der Waals surface area (Å²) < 4.78 is 0. The first-order chi connectivity index (χ1) is 6.34. The Bertz CT molecular complexity index is 284. The summed E-state index contributed by atoms with van der Waals surface area (Å²) in [5, 5.41) is 0. The Hall–Kier alpha value is -0.800. The van der Waals surface area contributed by atoms with Crippen LogP contribution in [0.4, 0.5) is 5.82 Å². The maximum Gasteiger partial charge on any atom is 0.123 e. The third kappa shape index (κ3) is 2.86. The molecule has 0 saturated carbocycles. The Morgan fingerprint density at radius 1 is 1.29 bits per heavy atom. The van der Waals surface area contributed by atoms with Crippen molar-refractivity contribution in [3.05, 3.63) is 23.9 Å². The number of hydrogen-bond donors (Lipinski definition) is 1. The highest BCUT2D eigenvalue weighted by Crippen LogP contribution is 2.11. The predicted molar refractivity (Wildman–Crippen MR) is 60.4 cm³/mol. The Balaban J connectivity index is 0.000000980. The first-order valence-corrected chi connectivity index (χ1v) is 4.78. The minimum atomic E-state index is 0. The minimum Gasteiger partial charge on any atom is -0.384 e. The van der Waals surface area contributed by atoms with E-state index in [0.717, 1.165) is 12.2 Å². The molecule has 3 nitrogen and oxygen atoms in total. The number of hydrogen-bond acceptors (Lipinski definition) is 3. The molecule has 0 spiro atoms. The molecule has 2 N–H and O–H groups in total. The normalized spacial score (nSPS) is 16.6. The van der Waals surface area contributed by atoms with Crippen LogP contribution >= 0.6 is 12.4 Å². The van der Waals surface area contributed by atoms with E-state index in [9.17, 15) is 0 Å². The Morgan fingerprint density at radius 3 is 2.64 bits per heavy atom. The summed E-state index contributed by atoms with van der Waals surface area (Å²) in [5.41, 5.74) is 6.69. The van der Waals surface area contributed by atoms with Gasteiger partial charge in [0.05, 0.1) is 5.69 Å². The zero-order valence-electron chi connectivity index (χ0n) is 8.15. The largest absolute Gasteiger partial charge is 0.384 e. The lowest BCUT2D eigenvalue weighted by atomic mass is 10.3. The maximum absolute atomic E-state index is 5.60. The smallest absolute Gasteiger partial charge is 0.123 e. The van der Waals surface area contributed by atoms with Crippen molar-refractivity contribution < 1.29 is 0 Å². The lowest BCUT2D eigenvalue weighted by Crippen LogP contribution is -2.19. The fourth-order valence-electron chi connectivity index (χ4n) is 1.76. The van der Waals surface area contributed by atoms with E-state index >= 15 is 0 Å². The van der Waals surface area contributed by atoms with Gasteiger partial charge in [0.2, 0.25) is 0 Å². The van der Waals surface area contributed by atoms with Crippen LogP contribution in [0.5, 0.6) is 0 Å². The SMILES string of the molecule is Cl.Nc1cccc(CN2CCCC2)n1. The van der Waals surface area contributed by atoms with Crippen molar-refractivity contribution in [1.29, 1.82) is 0 Å². The molecule has 78 valence electrons. The molecule has 1 saturated heterocycles. The average molecular weight is 214 g/mol. The van der Waals surface area contributed by atoms with Crippen LogP contribution in [0.2, 0.25) is 0 Å². The van der Waals surface area contributed by atoms with Gasteiger partial charge < -0.3 is 5.73 Å². The van der Waals surface area contributed by atoms with Crippen LogP contribution in [0.1, 0.15) is 18.5 Å². The summed E-state index contributed by atoms with van der Waals surface area (Å²) in [6, 6.07) is 5.83. The molecule has 0 radical (unpaired) electrons. The van der Waals surface area contributed by atoms with Crippen molar-refractivity contribution in [2.75, 3.05) is 18.8 Å². The zero-order valence-corrected chi connectivity index (χ0v) is 8.96. The second-order valence-electron chi connectivity index (χ2n) is 3.54. The Morgan fingerprint density at radius 2 is 2.00 bits per heavy atom. The predicted octanol–water partition coefficient (Wildman–Crippen LogP) is 1.68. The van der Waals surface area contributed by atoms with E-state index in [1.165, 1.54) is 25.9 Å². The highest BCUT2D eigenvalue weighted by Gasteiger charge is 2.11. The van der Waals surface area contributed by atoms with E-state index in [1.54, 1.807) is 0 Å². The molecule has 0 atom stereocenters. The van der Waals surface area contributed by atoms with Gasteiger partial charge in [-0.25, -0.2) is 4.98 Å². The van der Waals surface area contributed by atoms with Crippen LogP contribution in [0, 0.1) is 0 Å². The van der Waals surface area contributed by atoms with Crippen LogP contribution in [-0.2, 0) is 6.54 Å². The molecule has 0 bridgehead atoms. The quantitative estimate of drug-likeness (QED) is 0.813. The number of pyridine rings is 1. The fraction of sp³-hybridized carbons (Fsp3) is 0.500. The third-order valence-electron chi connectivity index (χ3n) is 2.41. The van der Waals surface area contributed by atoms with Gasteiger partial charge in [-0.15, -0.1) is 12.4 Å². The molecule has 2 heterocycles. The van der Waals surface area contributed by atoms with Crippen molar-refractivity contribution >= 4 is 18.2 Å². The summed E-state index contributed by atoms with van der Waals surface area (Å²) in [6.45, 7) is 3.36. The Labute approximate surface area is 90.7 Å². The van der Waals surface area contributed by atoms with Crippen LogP contribution in [0.15, 0.2) is 18.2 Å². The second-order valence-corrected chi connectivity index (χ2v) is 3.54. The molecule has 0 aliphatic carbocycles. The van der Waals surface area contributed by atoms with Gasteiger partial charge in [0.15, 0.2) is 0 Å². The van der Waals surface area contributed by atoms with Crippen LogP contribution in [-0.4, -0.2) is 23.0 Å². The van der Waals surface area contributed by atoms with Crippen molar-refractivity contribution in [3.63, 3.8) is 0 Å². The number of likely N-dealkylation sites (tertiary alicyclic amines) is 1. The van der Waals surface area contributed by atoms with Gasteiger partial charge >= 0.3 is 0 Å². The van der Waals surface area contributed by atoms with E-state index in [1.807, 2.05) is 18.2 Å². The first-order valence-electron chi connectivity index (χ1n) is 4.78. The van der Waals surface area contributed by atoms with E-state index < -0.39 is 0 Å². The summed E-state index contributed by atoms with van der Waals surface area (Å²) in [6.07, 6.45) is 2.64. The molecule has 14 heavy (non-hydrogen) atoms. The summed E-state index contributed by atoms with van der Waals surface area (Å²) in [5.74, 6) is 0.622. The number of anilines is 1. The average Bonchev–Trinajstić information content (AvgIpc) is 2.57. The van der Waals surface area contributed by atoms with E-state index in [-0.39, 0.29) is 12.4 Å². The van der Waals surface area contributed by atoms with E-state index in [2.05, 4.69) is 9.88 Å². The number of halogens is 1. The molecule has 1 aliphatic rings. The fourth-order valence-corrected chi connectivity index (χ4v) is 1.76. The monoisotopic (exact) mass is 213 g/mol. The van der Waals surface area contributed by atoms with Gasteiger partial charge in [0.25, 0.3) is 0 Å². The highest BCUT2D eigenvalue weighted by atomic mass is 35.5. The molecule has 2 rings (SSSR count). The Kier molecular flexibility index (Phi) is 4.17. The second kappa shape index (κ2) is 5.17. The zero-order chi connectivity index (χ0) is 9.10. The molecule has 1 aromatic heterocycles. The minimum absolute atomic E-state index is 0. The van der Waals surface area contributed by atoms with Gasteiger partial charge in [-0.1, -0.05) is 6.07 Å². The van der Waals surface area contributed by atoms with Crippen LogP contribution in [0.25, 0.3) is 0 Å².